The van der Waals surface area contributed by atoms with Gasteiger partial charge in [0, 0.05) is 12.1 Å². The number of benzene rings is 1. The monoisotopic (exact) mass is 335 g/mol. The molecule has 9 heteroatoms. The minimum Gasteiger partial charge on any atom is -0.493 e. The standard InChI is InChI=1S/C13H18FNO6S/c1-4-5-9(13(16)17)15-22(18,19)12-7-11(21-3)10(20-2)6-8(12)14/h6-7,9,15H,4-5H2,1-3H3,(H,16,17). The Hall–Kier alpha value is -1.87. The molecule has 22 heavy (non-hydrogen) atoms. The highest BCUT2D eigenvalue weighted by Gasteiger charge is 2.28. The summed E-state index contributed by atoms with van der Waals surface area (Å²) in [5.74, 6) is -2.34. The first kappa shape index (κ1) is 18.2. The minimum absolute atomic E-state index is 0.0200. The number of carbonyl (C=O) groups is 1. The second kappa shape index (κ2) is 7.41. The van der Waals surface area contributed by atoms with E-state index < -0.39 is 32.7 Å². The third-order valence-electron chi connectivity index (χ3n) is 2.90. The van der Waals surface area contributed by atoms with Crippen LogP contribution in [0.1, 0.15) is 19.8 Å². The summed E-state index contributed by atoms with van der Waals surface area (Å²) in [4.78, 5) is 10.3. The first-order valence-electron chi connectivity index (χ1n) is 6.43. The van der Waals surface area contributed by atoms with Crippen LogP contribution in [0.5, 0.6) is 11.5 Å². The molecule has 0 bridgehead atoms. The van der Waals surface area contributed by atoms with Crippen LogP contribution in [0.2, 0.25) is 0 Å². The molecule has 0 heterocycles. The van der Waals surface area contributed by atoms with Crippen LogP contribution < -0.4 is 14.2 Å². The van der Waals surface area contributed by atoms with Gasteiger partial charge in [0.2, 0.25) is 10.0 Å². The fourth-order valence-corrected chi connectivity index (χ4v) is 3.11. The number of aliphatic carboxylic acids is 1. The maximum Gasteiger partial charge on any atom is 0.321 e. The Balaban J connectivity index is 3.25. The largest absolute Gasteiger partial charge is 0.493 e. The quantitative estimate of drug-likeness (QED) is 0.744. The van der Waals surface area contributed by atoms with Crippen molar-refractivity contribution in [3.63, 3.8) is 0 Å². The Morgan fingerprint density at radius 3 is 2.32 bits per heavy atom. The summed E-state index contributed by atoms with van der Waals surface area (Å²) in [6, 6.07) is 0.479. The van der Waals surface area contributed by atoms with Crippen LogP contribution in [0.3, 0.4) is 0 Å². The zero-order valence-electron chi connectivity index (χ0n) is 12.4. The number of nitrogens with one attached hydrogen (secondary N) is 1. The van der Waals surface area contributed by atoms with E-state index in [0.717, 1.165) is 12.1 Å². The number of sulfonamides is 1. The molecule has 0 aliphatic rings. The summed E-state index contributed by atoms with van der Waals surface area (Å²) < 4.78 is 50.2. The molecule has 0 spiro atoms. The molecule has 124 valence electrons. The van der Waals surface area contributed by atoms with Crippen LogP contribution in [0, 0.1) is 5.82 Å². The predicted octanol–water partition coefficient (Wildman–Crippen LogP) is 1.37. The molecule has 1 atom stereocenters. The number of carboxylic acid groups (broad SMARTS) is 1. The predicted molar refractivity (Wildman–Crippen MR) is 76.2 cm³/mol. The third kappa shape index (κ3) is 4.08. The van der Waals surface area contributed by atoms with Crippen LogP contribution in [-0.4, -0.2) is 39.8 Å². The fourth-order valence-electron chi connectivity index (χ4n) is 1.81. The molecule has 1 aromatic carbocycles. The fraction of sp³-hybridized carbons (Fsp3) is 0.462. The second-order valence-electron chi connectivity index (χ2n) is 4.44. The molecule has 0 saturated heterocycles. The van der Waals surface area contributed by atoms with Crippen LogP contribution in [-0.2, 0) is 14.8 Å². The average molecular weight is 335 g/mol. The average Bonchev–Trinajstić information content (AvgIpc) is 2.45. The summed E-state index contributed by atoms with van der Waals surface area (Å²) in [5, 5.41) is 9.00. The van der Waals surface area contributed by atoms with Crippen molar-refractivity contribution in [2.24, 2.45) is 0 Å². The first-order chi connectivity index (χ1) is 10.3. The Kier molecular flexibility index (Phi) is 6.12. The number of hydrogen-bond acceptors (Lipinski definition) is 5. The van der Waals surface area contributed by atoms with Gasteiger partial charge >= 0.3 is 5.97 Å². The van der Waals surface area contributed by atoms with Gasteiger partial charge in [-0.05, 0) is 6.42 Å². The highest BCUT2D eigenvalue weighted by Crippen LogP contribution is 2.31. The molecule has 0 saturated carbocycles. The lowest BCUT2D eigenvalue weighted by Crippen LogP contribution is -2.40. The van der Waals surface area contributed by atoms with E-state index in [1.807, 2.05) is 4.72 Å². The molecule has 0 fully saturated rings. The van der Waals surface area contributed by atoms with E-state index in [4.69, 9.17) is 14.6 Å². The highest BCUT2D eigenvalue weighted by atomic mass is 32.2. The second-order valence-corrected chi connectivity index (χ2v) is 6.12. The van der Waals surface area contributed by atoms with Crippen molar-refractivity contribution in [1.29, 1.82) is 0 Å². The van der Waals surface area contributed by atoms with Crippen molar-refractivity contribution in [2.75, 3.05) is 14.2 Å². The van der Waals surface area contributed by atoms with Crippen LogP contribution in [0.25, 0.3) is 0 Å². The Labute approximate surface area is 128 Å². The Morgan fingerprint density at radius 2 is 1.86 bits per heavy atom. The minimum atomic E-state index is -4.36. The van der Waals surface area contributed by atoms with Gasteiger partial charge in [-0.1, -0.05) is 13.3 Å². The number of ether oxygens (including phenoxy) is 2. The van der Waals surface area contributed by atoms with E-state index in [2.05, 4.69) is 0 Å². The van der Waals surface area contributed by atoms with Crippen LogP contribution in [0.15, 0.2) is 17.0 Å². The van der Waals surface area contributed by atoms with E-state index in [0.29, 0.717) is 6.42 Å². The van der Waals surface area contributed by atoms with Gasteiger partial charge in [-0.15, -0.1) is 0 Å². The van der Waals surface area contributed by atoms with E-state index in [-0.39, 0.29) is 17.9 Å². The van der Waals surface area contributed by atoms with E-state index in [1.165, 1.54) is 14.2 Å². The molecule has 2 N–H and O–H groups in total. The molecule has 0 aromatic heterocycles. The van der Waals surface area contributed by atoms with E-state index >= 15 is 0 Å². The normalized spacial score (nSPS) is 12.7. The number of rotatable bonds is 8. The topological polar surface area (TPSA) is 102 Å². The summed E-state index contributed by atoms with van der Waals surface area (Å²) in [7, 11) is -1.80. The number of hydrogen-bond donors (Lipinski definition) is 2. The lowest BCUT2D eigenvalue weighted by Gasteiger charge is -2.16. The first-order valence-corrected chi connectivity index (χ1v) is 7.91. The molecule has 1 rings (SSSR count). The zero-order valence-corrected chi connectivity index (χ0v) is 13.2. The maximum absolute atomic E-state index is 14.0. The SMILES string of the molecule is CCCC(NS(=O)(=O)c1cc(OC)c(OC)cc1F)C(=O)O. The Morgan fingerprint density at radius 1 is 1.32 bits per heavy atom. The van der Waals surface area contributed by atoms with Gasteiger partial charge in [-0.3, -0.25) is 4.79 Å². The number of carboxylic acids is 1. The number of methoxy groups -OCH3 is 2. The van der Waals surface area contributed by atoms with Gasteiger partial charge in [-0.2, -0.15) is 4.72 Å². The van der Waals surface area contributed by atoms with Crippen LogP contribution in [0.4, 0.5) is 4.39 Å². The third-order valence-corrected chi connectivity index (χ3v) is 4.39. The van der Waals surface area contributed by atoms with Crippen molar-refractivity contribution < 1.29 is 32.2 Å². The Bertz CT molecular complexity index is 646. The van der Waals surface area contributed by atoms with E-state index in [1.54, 1.807) is 6.92 Å². The highest BCUT2D eigenvalue weighted by molar-refractivity contribution is 7.89. The lowest BCUT2D eigenvalue weighted by molar-refractivity contribution is -0.139. The summed E-state index contributed by atoms with van der Waals surface area (Å²) >= 11 is 0. The summed E-state index contributed by atoms with van der Waals surface area (Å²) in [5.41, 5.74) is 0. The molecular weight excluding hydrogens is 317 g/mol. The van der Waals surface area contributed by atoms with Gasteiger partial charge in [0.15, 0.2) is 11.5 Å². The molecular formula is C13H18FNO6S. The van der Waals surface area contributed by atoms with Crippen molar-refractivity contribution in [1.82, 2.24) is 4.72 Å². The van der Waals surface area contributed by atoms with E-state index in [9.17, 15) is 17.6 Å². The summed E-state index contributed by atoms with van der Waals surface area (Å²) in [6.07, 6.45) is 0.539. The van der Waals surface area contributed by atoms with Gasteiger partial charge in [0.05, 0.1) is 14.2 Å². The smallest absolute Gasteiger partial charge is 0.321 e. The molecule has 0 aliphatic carbocycles. The maximum atomic E-state index is 14.0. The van der Waals surface area contributed by atoms with Gasteiger partial charge < -0.3 is 14.6 Å². The van der Waals surface area contributed by atoms with Crippen molar-refractivity contribution in [2.45, 2.75) is 30.7 Å². The van der Waals surface area contributed by atoms with Gasteiger partial charge in [0.25, 0.3) is 0 Å². The zero-order chi connectivity index (χ0) is 16.9. The van der Waals surface area contributed by atoms with Crippen molar-refractivity contribution in [3.05, 3.63) is 17.9 Å². The number of halogens is 1. The molecule has 1 unspecified atom stereocenters. The molecule has 0 radical (unpaired) electrons. The van der Waals surface area contributed by atoms with Crippen molar-refractivity contribution in [3.8, 4) is 11.5 Å². The van der Waals surface area contributed by atoms with Gasteiger partial charge in [-0.25, -0.2) is 12.8 Å². The summed E-state index contributed by atoms with van der Waals surface area (Å²) in [6.45, 7) is 1.71. The van der Waals surface area contributed by atoms with Crippen molar-refractivity contribution >= 4 is 16.0 Å². The molecule has 0 aliphatic heterocycles. The molecule has 7 nitrogen and oxygen atoms in total. The lowest BCUT2D eigenvalue weighted by atomic mass is 10.2. The molecule has 1 aromatic rings. The van der Waals surface area contributed by atoms with Gasteiger partial charge in [0.1, 0.15) is 16.8 Å². The molecule has 0 amide bonds. The van der Waals surface area contributed by atoms with Crippen LogP contribution >= 0.6 is 0 Å².